The number of rotatable bonds is 3. The highest BCUT2D eigenvalue weighted by molar-refractivity contribution is 5.98. The first-order chi connectivity index (χ1) is 9.72. The van der Waals surface area contributed by atoms with Crippen molar-refractivity contribution in [2.45, 2.75) is 44.9 Å². The van der Waals surface area contributed by atoms with E-state index in [1.165, 1.54) is 38.5 Å². The predicted octanol–water partition coefficient (Wildman–Crippen LogP) is 3.40. The van der Waals surface area contributed by atoms with Gasteiger partial charge in [0.05, 0.1) is 11.0 Å². The van der Waals surface area contributed by atoms with Crippen molar-refractivity contribution in [1.82, 2.24) is 9.97 Å². The molecule has 0 saturated heterocycles. The number of hydrogen-bond acceptors (Lipinski definition) is 2. The Kier molecular flexibility index (Phi) is 3.72. The third kappa shape index (κ3) is 2.84. The molecular weight excluding hydrogens is 252 g/mol. The lowest BCUT2D eigenvalue weighted by Gasteiger charge is -2.12. The minimum absolute atomic E-state index is 0.195. The van der Waals surface area contributed by atoms with Gasteiger partial charge in [0.2, 0.25) is 0 Å². The van der Waals surface area contributed by atoms with Crippen molar-refractivity contribution in [1.29, 1.82) is 0 Å². The second kappa shape index (κ2) is 5.65. The molecule has 1 saturated carbocycles. The Bertz CT molecular complexity index is 660. The van der Waals surface area contributed by atoms with E-state index in [0.29, 0.717) is 23.4 Å². The van der Waals surface area contributed by atoms with E-state index in [9.17, 15) is 9.59 Å². The van der Waals surface area contributed by atoms with Gasteiger partial charge in [-0.2, -0.15) is 0 Å². The zero-order valence-corrected chi connectivity index (χ0v) is 11.6. The van der Waals surface area contributed by atoms with Crippen LogP contribution in [-0.4, -0.2) is 15.8 Å². The summed E-state index contributed by atoms with van der Waals surface area (Å²) in [5.41, 5.74) is 1.94. The molecule has 0 amide bonds. The number of carbonyl (C=O) groups excluding carboxylic acids is 1. The molecule has 0 bridgehead atoms. The molecule has 1 aromatic carbocycles. The van der Waals surface area contributed by atoms with Crippen LogP contribution in [0.2, 0.25) is 0 Å². The Balaban J connectivity index is 1.75. The number of imidazole rings is 1. The number of aromatic nitrogens is 2. The first kappa shape index (κ1) is 13.2. The molecular formula is C16H20N2O2. The van der Waals surface area contributed by atoms with Gasteiger partial charge in [0.1, 0.15) is 0 Å². The zero-order chi connectivity index (χ0) is 13.9. The number of H-pyrrole nitrogens is 2. The Morgan fingerprint density at radius 2 is 1.75 bits per heavy atom. The molecule has 1 aromatic heterocycles. The topological polar surface area (TPSA) is 65.7 Å². The maximum atomic E-state index is 12.4. The smallest absolute Gasteiger partial charge is 0.306 e. The minimum Gasteiger partial charge on any atom is -0.306 e. The van der Waals surface area contributed by atoms with Crippen molar-refractivity contribution in [3.05, 3.63) is 34.2 Å². The predicted molar refractivity (Wildman–Crippen MR) is 79.1 cm³/mol. The van der Waals surface area contributed by atoms with E-state index in [1.807, 2.05) is 6.07 Å². The zero-order valence-electron chi connectivity index (χ0n) is 11.6. The average molecular weight is 272 g/mol. The molecule has 3 rings (SSSR count). The molecule has 0 aliphatic heterocycles. The number of nitrogens with one attached hydrogen (secondary N) is 2. The molecule has 0 unspecified atom stereocenters. The number of Topliss-reactive ketones (excluding diaryl/α,β-unsaturated/α-hetero) is 1. The number of carbonyl (C=O) groups is 1. The van der Waals surface area contributed by atoms with Crippen LogP contribution in [0.5, 0.6) is 0 Å². The van der Waals surface area contributed by atoms with Crippen molar-refractivity contribution < 1.29 is 4.79 Å². The van der Waals surface area contributed by atoms with Crippen LogP contribution in [0.15, 0.2) is 23.0 Å². The van der Waals surface area contributed by atoms with Crippen LogP contribution in [0.25, 0.3) is 11.0 Å². The van der Waals surface area contributed by atoms with Gasteiger partial charge in [0, 0.05) is 12.0 Å². The van der Waals surface area contributed by atoms with E-state index >= 15 is 0 Å². The molecule has 4 heteroatoms. The summed E-state index contributed by atoms with van der Waals surface area (Å²) in [6.45, 7) is 0. The van der Waals surface area contributed by atoms with E-state index in [-0.39, 0.29) is 11.5 Å². The summed E-state index contributed by atoms with van der Waals surface area (Å²) in [4.78, 5) is 29.0. The highest BCUT2D eigenvalue weighted by Gasteiger charge is 2.17. The highest BCUT2D eigenvalue weighted by Crippen LogP contribution is 2.27. The molecule has 1 aliphatic rings. The van der Waals surface area contributed by atoms with Crippen LogP contribution in [-0.2, 0) is 0 Å². The lowest BCUT2D eigenvalue weighted by molar-refractivity contribution is 0.0957. The largest absolute Gasteiger partial charge is 0.323 e. The van der Waals surface area contributed by atoms with Crippen LogP contribution in [0.3, 0.4) is 0 Å². The summed E-state index contributed by atoms with van der Waals surface area (Å²) in [6.07, 6.45) is 8.11. The standard InChI is InChI=1S/C16H20N2O2/c19-15(9-11-5-3-1-2-4-6-11)12-7-8-13-14(10-12)18-16(20)17-13/h7-8,10-11H,1-6,9H2,(H2,17,18,20). The Labute approximate surface area is 117 Å². The molecule has 1 fully saturated rings. The van der Waals surface area contributed by atoms with Crippen molar-refractivity contribution in [2.75, 3.05) is 0 Å². The van der Waals surface area contributed by atoms with Gasteiger partial charge >= 0.3 is 5.69 Å². The Morgan fingerprint density at radius 3 is 2.50 bits per heavy atom. The van der Waals surface area contributed by atoms with E-state index in [1.54, 1.807) is 12.1 Å². The van der Waals surface area contributed by atoms with E-state index in [0.717, 1.165) is 5.52 Å². The maximum Gasteiger partial charge on any atom is 0.323 e. The third-order valence-electron chi connectivity index (χ3n) is 4.29. The van der Waals surface area contributed by atoms with Gasteiger partial charge in [-0.15, -0.1) is 0 Å². The van der Waals surface area contributed by atoms with Crippen molar-refractivity contribution in [2.24, 2.45) is 5.92 Å². The molecule has 0 spiro atoms. The summed E-state index contributed by atoms with van der Waals surface area (Å²) >= 11 is 0. The lowest BCUT2D eigenvalue weighted by Crippen LogP contribution is -2.08. The fourth-order valence-electron chi connectivity index (χ4n) is 3.15. The van der Waals surface area contributed by atoms with Gasteiger partial charge in [-0.05, 0) is 24.1 Å². The normalized spacial score (nSPS) is 17.2. The van der Waals surface area contributed by atoms with Gasteiger partial charge in [0.25, 0.3) is 0 Å². The SMILES string of the molecule is O=C(CC1CCCCCC1)c1ccc2[nH]c(=O)[nH]c2c1. The highest BCUT2D eigenvalue weighted by atomic mass is 16.1. The average Bonchev–Trinajstić information content (AvgIpc) is 2.62. The minimum atomic E-state index is -0.228. The molecule has 106 valence electrons. The maximum absolute atomic E-state index is 12.4. The first-order valence-corrected chi connectivity index (χ1v) is 7.47. The first-order valence-electron chi connectivity index (χ1n) is 7.47. The van der Waals surface area contributed by atoms with E-state index in [4.69, 9.17) is 0 Å². The Morgan fingerprint density at radius 1 is 1.05 bits per heavy atom. The lowest BCUT2D eigenvalue weighted by atomic mass is 9.92. The second-order valence-electron chi connectivity index (χ2n) is 5.82. The van der Waals surface area contributed by atoms with Gasteiger partial charge in [-0.1, -0.05) is 38.5 Å². The molecule has 1 aliphatic carbocycles. The fraction of sp³-hybridized carbons (Fsp3) is 0.500. The number of hydrogen-bond donors (Lipinski definition) is 2. The summed E-state index contributed by atoms with van der Waals surface area (Å²) in [6, 6.07) is 5.39. The van der Waals surface area contributed by atoms with E-state index in [2.05, 4.69) is 9.97 Å². The van der Waals surface area contributed by atoms with Crippen LogP contribution in [0.1, 0.15) is 55.3 Å². The molecule has 0 radical (unpaired) electrons. The third-order valence-corrected chi connectivity index (χ3v) is 4.29. The van der Waals surface area contributed by atoms with Crippen LogP contribution in [0.4, 0.5) is 0 Å². The van der Waals surface area contributed by atoms with Crippen molar-refractivity contribution in [3.8, 4) is 0 Å². The number of ketones is 1. The van der Waals surface area contributed by atoms with Gasteiger partial charge in [-0.3, -0.25) is 4.79 Å². The quantitative estimate of drug-likeness (QED) is 0.664. The summed E-state index contributed by atoms with van der Waals surface area (Å²) in [5.74, 6) is 0.729. The summed E-state index contributed by atoms with van der Waals surface area (Å²) in [7, 11) is 0. The molecule has 20 heavy (non-hydrogen) atoms. The molecule has 0 atom stereocenters. The second-order valence-corrected chi connectivity index (χ2v) is 5.82. The van der Waals surface area contributed by atoms with Gasteiger partial charge < -0.3 is 9.97 Å². The van der Waals surface area contributed by atoms with Crippen LogP contribution < -0.4 is 5.69 Å². The number of fused-ring (bicyclic) bond motifs is 1. The molecule has 4 nitrogen and oxygen atoms in total. The number of benzene rings is 1. The Hall–Kier alpha value is -1.84. The fourth-order valence-corrected chi connectivity index (χ4v) is 3.15. The molecule has 2 N–H and O–H groups in total. The summed E-state index contributed by atoms with van der Waals surface area (Å²) < 4.78 is 0. The molecule has 2 aromatic rings. The van der Waals surface area contributed by atoms with Crippen molar-refractivity contribution in [3.63, 3.8) is 0 Å². The van der Waals surface area contributed by atoms with Gasteiger partial charge in [-0.25, -0.2) is 4.79 Å². The van der Waals surface area contributed by atoms with E-state index < -0.39 is 0 Å². The van der Waals surface area contributed by atoms with Crippen LogP contribution in [0, 0.1) is 5.92 Å². The molecule has 1 heterocycles. The van der Waals surface area contributed by atoms with Crippen LogP contribution >= 0.6 is 0 Å². The monoisotopic (exact) mass is 272 g/mol. The van der Waals surface area contributed by atoms with Crippen molar-refractivity contribution >= 4 is 16.8 Å². The number of aromatic amines is 2. The summed E-state index contributed by atoms with van der Waals surface area (Å²) in [5, 5.41) is 0. The van der Waals surface area contributed by atoms with Gasteiger partial charge in [0.15, 0.2) is 5.78 Å².